The quantitative estimate of drug-likeness (QED) is 0.781. The average molecular weight is 400 g/mol. The summed E-state index contributed by atoms with van der Waals surface area (Å²) in [6, 6.07) is 3.84. The van der Waals surface area contributed by atoms with Gasteiger partial charge in [-0.1, -0.05) is 17.7 Å². The highest BCUT2D eigenvalue weighted by Gasteiger charge is 2.34. The zero-order valence-electron chi connectivity index (χ0n) is 12.9. The molecule has 2 rings (SSSR count). The fourth-order valence-corrected chi connectivity index (χ4v) is 4.38. The Kier molecular flexibility index (Phi) is 7.88. The fourth-order valence-electron chi connectivity index (χ4n) is 2.54. The summed E-state index contributed by atoms with van der Waals surface area (Å²) in [6.07, 6.45) is 1.11. The Morgan fingerprint density at radius 1 is 1.46 bits per heavy atom. The van der Waals surface area contributed by atoms with E-state index in [1.54, 1.807) is 0 Å². The van der Waals surface area contributed by atoms with E-state index in [1.165, 1.54) is 18.2 Å². The van der Waals surface area contributed by atoms with Gasteiger partial charge in [0.2, 0.25) is 15.9 Å². The minimum atomic E-state index is -4.03. The number of nitrogens with zero attached hydrogens (tertiary/aromatic N) is 1. The van der Waals surface area contributed by atoms with Gasteiger partial charge in [0.05, 0.1) is 10.9 Å². The Balaban J connectivity index is 0.00000288. The van der Waals surface area contributed by atoms with Gasteiger partial charge in [-0.3, -0.25) is 4.79 Å². The van der Waals surface area contributed by atoms with Gasteiger partial charge in [-0.25, -0.2) is 12.8 Å². The predicted molar refractivity (Wildman–Crippen MR) is 92.2 cm³/mol. The Bertz CT molecular complexity index is 688. The van der Waals surface area contributed by atoms with Gasteiger partial charge in [0.25, 0.3) is 0 Å². The number of hydrogen-bond acceptors (Lipinski definition) is 4. The maximum atomic E-state index is 14.0. The molecular weight excluding hydrogens is 380 g/mol. The van der Waals surface area contributed by atoms with Gasteiger partial charge >= 0.3 is 0 Å². The molecule has 1 atom stereocenters. The highest BCUT2D eigenvalue weighted by Crippen LogP contribution is 2.28. The predicted octanol–water partition coefficient (Wildman–Crippen LogP) is 1.38. The molecule has 0 radical (unpaired) electrons. The van der Waals surface area contributed by atoms with E-state index in [1.807, 2.05) is 0 Å². The number of halogens is 3. The van der Waals surface area contributed by atoms with Crippen molar-refractivity contribution in [1.29, 1.82) is 0 Å². The molecule has 0 saturated carbocycles. The molecule has 1 amide bonds. The van der Waals surface area contributed by atoms with Crippen molar-refractivity contribution in [3.8, 4) is 0 Å². The molecule has 1 aromatic carbocycles. The first-order valence-electron chi connectivity index (χ1n) is 7.30. The van der Waals surface area contributed by atoms with E-state index in [-0.39, 0.29) is 36.4 Å². The number of nitrogens with one attached hydrogen (secondary N) is 1. The summed E-state index contributed by atoms with van der Waals surface area (Å²) < 4.78 is 40.4. The van der Waals surface area contributed by atoms with Crippen LogP contribution in [0, 0.1) is 11.7 Å². The van der Waals surface area contributed by atoms with Gasteiger partial charge < -0.3 is 11.1 Å². The first-order chi connectivity index (χ1) is 10.9. The molecule has 1 aromatic rings. The third-order valence-corrected chi connectivity index (χ3v) is 5.91. The summed E-state index contributed by atoms with van der Waals surface area (Å²) >= 11 is 5.66. The van der Waals surface area contributed by atoms with Crippen molar-refractivity contribution in [2.45, 2.75) is 17.7 Å². The monoisotopic (exact) mass is 399 g/mol. The molecule has 0 spiro atoms. The van der Waals surface area contributed by atoms with Gasteiger partial charge in [0.15, 0.2) is 5.82 Å². The number of piperidine rings is 1. The minimum absolute atomic E-state index is 0. The highest BCUT2D eigenvalue weighted by atomic mass is 35.5. The first-order valence-corrected chi connectivity index (χ1v) is 9.11. The second kappa shape index (κ2) is 8.96. The molecule has 24 heavy (non-hydrogen) atoms. The van der Waals surface area contributed by atoms with E-state index >= 15 is 0 Å². The van der Waals surface area contributed by atoms with Crippen LogP contribution in [0.4, 0.5) is 4.39 Å². The van der Waals surface area contributed by atoms with Crippen molar-refractivity contribution in [2.24, 2.45) is 11.7 Å². The van der Waals surface area contributed by atoms with E-state index in [9.17, 15) is 17.6 Å². The fraction of sp³-hybridized carbons (Fsp3) is 0.500. The summed E-state index contributed by atoms with van der Waals surface area (Å²) in [5, 5.41) is 2.40. The number of carbonyl (C=O) groups excluding carboxylic acids is 1. The Labute approximate surface area is 152 Å². The van der Waals surface area contributed by atoms with Gasteiger partial charge in [-0.2, -0.15) is 4.31 Å². The van der Waals surface area contributed by atoms with Gasteiger partial charge in [-0.15, -0.1) is 12.4 Å². The lowest BCUT2D eigenvalue weighted by Crippen LogP contribution is -2.46. The standard InChI is InChI=1S/C14H19ClFN3O3S.ClH/c15-11-4-1-5-12(13(11)16)23(21,22)19-8-2-3-10(9-19)14(20)18-7-6-17;/h1,4-5,10H,2-3,6-9,17H2,(H,18,20);1H. The van der Waals surface area contributed by atoms with Gasteiger partial charge in [0.1, 0.15) is 4.90 Å². The first kappa shape index (κ1) is 21.1. The number of rotatable bonds is 5. The minimum Gasteiger partial charge on any atom is -0.355 e. The zero-order valence-corrected chi connectivity index (χ0v) is 15.3. The molecule has 1 fully saturated rings. The number of nitrogens with two attached hydrogens (primary N) is 1. The summed E-state index contributed by atoms with van der Waals surface area (Å²) in [5.74, 6) is -1.67. The molecule has 0 aliphatic carbocycles. The molecule has 136 valence electrons. The number of carbonyl (C=O) groups is 1. The molecule has 0 bridgehead atoms. The molecule has 1 aliphatic heterocycles. The lowest BCUT2D eigenvalue weighted by molar-refractivity contribution is -0.126. The van der Waals surface area contributed by atoms with Crippen LogP contribution in [0.3, 0.4) is 0 Å². The molecule has 1 unspecified atom stereocenters. The van der Waals surface area contributed by atoms with E-state index in [0.29, 0.717) is 25.9 Å². The molecule has 3 N–H and O–H groups in total. The lowest BCUT2D eigenvalue weighted by atomic mass is 9.99. The van der Waals surface area contributed by atoms with Crippen LogP contribution < -0.4 is 11.1 Å². The van der Waals surface area contributed by atoms with Crippen LogP contribution in [-0.4, -0.2) is 44.8 Å². The molecule has 1 saturated heterocycles. The normalized spacial score (nSPS) is 18.7. The maximum absolute atomic E-state index is 14.0. The van der Waals surface area contributed by atoms with Crippen LogP contribution in [0.2, 0.25) is 5.02 Å². The van der Waals surface area contributed by atoms with E-state index in [4.69, 9.17) is 17.3 Å². The molecule has 1 heterocycles. The van der Waals surface area contributed by atoms with Crippen molar-refractivity contribution in [1.82, 2.24) is 9.62 Å². The third kappa shape index (κ3) is 4.58. The highest BCUT2D eigenvalue weighted by molar-refractivity contribution is 7.89. The van der Waals surface area contributed by atoms with Crippen LogP contribution in [0.1, 0.15) is 12.8 Å². The van der Waals surface area contributed by atoms with Crippen molar-refractivity contribution >= 4 is 39.9 Å². The van der Waals surface area contributed by atoms with Crippen LogP contribution >= 0.6 is 24.0 Å². The Hall–Kier alpha value is -0.930. The second-order valence-electron chi connectivity index (χ2n) is 5.33. The molecule has 0 aromatic heterocycles. The van der Waals surface area contributed by atoms with E-state index in [0.717, 1.165) is 4.31 Å². The van der Waals surface area contributed by atoms with Crippen LogP contribution in [0.5, 0.6) is 0 Å². The second-order valence-corrected chi connectivity index (χ2v) is 7.65. The van der Waals surface area contributed by atoms with Gasteiger partial charge in [-0.05, 0) is 25.0 Å². The van der Waals surface area contributed by atoms with E-state index < -0.39 is 26.7 Å². The largest absolute Gasteiger partial charge is 0.355 e. The summed E-state index contributed by atoms with van der Waals surface area (Å²) in [6.45, 7) is 0.916. The number of hydrogen-bond donors (Lipinski definition) is 2. The zero-order chi connectivity index (χ0) is 17.0. The van der Waals surface area contributed by atoms with Crippen molar-refractivity contribution in [2.75, 3.05) is 26.2 Å². The number of sulfonamides is 1. The number of amides is 1. The summed E-state index contributed by atoms with van der Waals surface area (Å²) in [4.78, 5) is 11.5. The SMILES string of the molecule is Cl.NCCNC(=O)C1CCCN(S(=O)(=O)c2cccc(Cl)c2F)C1. The van der Waals surface area contributed by atoms with Crippen LogP contribution in [0.15, 0.2) is 23.1 Å². The number of benzene rings is 1. The van der Waals surface area contributed by atoms with Crippen molar-refractivity contribution in [3.05, 3.63) is 29.0 Å². The lowest BCUT2D eigenvalue weighted by Gasteiger charge is -2.31. The summed E-state index contributed by atoms with van der Waals surface area (Å²) in [7, 11) is -4.03. The summed E-state index contributed by atoms with van der Waals surface area (Å²) in [5.41, 5.74) is 5.33. The van der Waals surface area contributed by atoms with E-state index in [2.05, 4.69) is 5.32 Å². The van der Waals surface area contributed by atoms with Crippen LogP contribution in [0.25, 0.3) is 0 Å². The maximum Gasteiger partial charge on any atom is 0.246 e. The Morgan fingerprint density at radius 3 is 2.83 bits per heavy atom. The smallest absolute Gasteiger partial charge is 0.246 e. The topological polar surface area (TPSA) is 92.5 Å². The van der Waals surface area contributed by atoms with Crippen LogP contribution in [-0.2, 0) is 14.8 Å². The van der Waals surface area contributed by atoms with Crippen molar-refractivity contribution < 1.29 is 17.6 Å². The van der Waals surface area contributed by atoms with Gasteiger partial charge in [0, 0.05) is 26.2 Å². The average Bonchev–Trinajstić information content (AvgIpc) is 2.55. The Morgan fingerprint density at radius 2 is 2.17 bits per heavy atom. The third-order valence-electron chi connectivity index (χ3n) is 3.73. The molecule has 6 nitrogen and oxygen atoms in total. The molecule has 1 aliphatic rings. The van der Waals surface area contributed by atoms with Crippen molar-refractivity contribution in [3.63, 3.8) is 0 Å². The molecular formula is C14H20Cl2FN3O3S. The molecule has 10 heteroatoms.